The van der Waals surface area contributed by atoms with Gasteiger partial charge in [0.25, 0.3) is 0 Å². The Hall–Kier alpha value is -0.890. The molecule has 0 saturated heterocycles. The first-order valence-electron chi connectivity index (χ1n) is 4.40. The molecular weight excluding hydrogens is 150 g/mol. The van der Waals surface area contributed by atoms with Gasteiger partial charge in [-0.25, -0.2) is 0 Å². The molecule has 0 aliphatic carbocycles. The van der Waals surface area contributed by atoms with Crippen LogP contribution >= 0.6 is 0 Å². The Kier molecular flexibility index (Phi) is 4.39. The normalized spacial score (nSPS) is 10.1. The Morgan fingerprint density at radius 1 is 1.42 bits per heavy atom. The first-order valence-corrected chi connectivity index (χ1v) is 4.40. The van der Waals surface area contributed by atoms with Gasteiger partial charge in [-0.1, -0.05) is 13.0 Å². The lowest BCUT2D eigenvalue weighted by Crippen LogP contribution is -1.99. The molecule has 2 heteroatoms. The lowest BCUT2D eigenvalue weighted by Gasteiger charge is -2.01. The van der Waals surface area contributed by atoms with Crippen molar-refractivity contribution in [3.05, 3.63) is 30.1 Å². The van der Waals surface area contributed by atoms with E-state index in [0.29, 0.717) is 0 Å². The van der Waals surface area contributed by atoms with E-state index in [1.807, 2.05) is 12.3 Å². The number of hydrogen-bond acceptors (Lipinski definition) is 2. The van der Waals surface area contributed by atoms with E-state index in [4.69, 9.17) is 4.74 Å². The molecule has 1 heterocycles. The first-order chi connectivity index (χ1) is 5.93. The van der Waals surface area contributed by atoms with Crippen molar-refractivity contribution < 1.29 is 4.74 Å². The number of ether oxygens (including phenoxy) is 1. The van der Waals surface area contributed by atoms with Crippen LogP contribution < -0.4 is 0 Å². The fourth-order valence-electron chi connectivity index (χ4n) is 0.982. The van der Waals surface area contributed by atoms with Crippen molar-refractivity contribution in [3.63, 3.8) is 0 Å². The van der Waals surface area contributed by atoms with Crippen LogP contribution in [0.15, 0.2) is 24.5 Å². The standard InChI is InChI=1S/C10H15NO/c1-2-7-12-8-5-10-4-3-6-11-9-10/h3-4,6,9H,2,5,7-8H2,1H3. The fourth-order valence-corrected chi connectivity index (χ4v) is 0.982. The summed E-state index contributed by atoms with van der Waals surface area (Å²) in [5.74, 6) is 0. The zero-order valence-electron chi connectivity index (χ0n) is 7.49. The van der Waals surface area contributed by atoms with Crippen molar-refractivity contribution in [2.75, 3.05) is 13.2 Å². The van der Waals surface area contributed by atoms with Crippen LogP contribution in [0.3, 0.4) is 0 Å². The van der Waals surface area contributed by atoms with Crippen LogP contribution in [-0.4, -0.2) is 18.2 Å². The molecule has 2 nitrogen and oxygen atoms in total. The maximum absolute atomic E-state index is 5.36. The van der Waals surface area contributed by atoms with Gasteiger partial charge >= 0.3 is 0 Å². The summed E-state index contributed by atoms with van der Waals surface area (Å²) in [6.07, 6.45) is 5.73. The molecule has 1 rings (SSSR count). The molecule has 0 bridgehead atoms. The summed E-state index contributed by atoms with van der Waals surface area (Å²) >= 11 is 0. The van der Waals surface area contributed by atoms with Gasteiger partial charge in [-0.15, -0.1) is 0 Å². The zero-order chi connectivity index (χ0) is 8.65. The van der Waals surface area contributed by atoms with Gasteiger partial charge < -0.3 is 4.74 Å². The Labute approximate surface area is 73.6 Å². The summed E-state index contributed by atoms with van der Waals surface area (Å²) in [6, 6.07) is 4.03. The molecular formula is C10H15NO. The molecule has 0 aliphatic rings. The Balaban J connectivity index is 2.16. The predicted octanol–water partition coefficient (Wildman–Crippen LogP) is 2.05. The zero-order valence-corrected chi connectivity index (χ0v) is 7.49. The van der Waals surface area contributed by atoms with E-state index in [9.17, 15) is 0 Å². The number of hydrogen-bond donors (Lipinski definition) is 0. The molecule has 0 unspecified atom stereocenters. The van der Waals surface area contributed by atoms with Crippen molar-refractivity contribution >= 4 is 0 Å². The Morgan fingerprint density at radius 2 is 2.33 bits per heavy atom. The summed E-state index contributed by atoms with van der Waals surface area (Å²) in [4.78, 5) is 4.03. The number of nitrogens with zero attached hydrogens (tertiary/aromatic N) is 1. The van der Waals surface area contributed by atoms with E-state index in [2.05, 4.69) is 18.0 Å². The summed E-state index contributed by atoms with van der Waals surface area (Å²) in [6.45, 7) is 3.78. The molecule has 1 aromatic rings. The van der Waals surface area contributed by atoms with Gasteiger partial charge in [-0.05, 0) is 24.5 Å². The molecule has 66 valence electrons. The molecule has 12 heavy (non-hydrogen) atoms. The SMILES string of the molecule is CCCOCCc1cccnc1. The smallest absolute Gasteiger partial charge is 0.0507 e. The second-order valence-electron chi connectivity index (χ2n) is 2.72. The average molecular weight is 165 g/mol. The molecule has 0 spiro atoms. The summed E-state index contributed by atoms with van der Waals surface area (Å²) in [7, 11) is 0. The lowest BCUT2D eigenvalue weighted by atomic mass is 10.2. The van der Waals surface area contributed by atoms with Gasteiger partial charge in [0.15, 0.2) is 0 Å². The Morgan fingerprint density at radius 3 is 3.00 bits per heavy atom. The van der Waals surface area contributed by atoms with Crippen LogP contribution in [0.4, 0.5) is 0 Å². The van der Waals surface area contributed by atoms with Gasteiger partial charge in [0.2, 0.25) is 0 Å². The van der Waals surface area contributed by atoms with Crippen molar-refractivity contribution in [2.45, 2.75) is 19.8 Å². The molecule has 0 saturated carbocycles. The third-order valence-corrected chi connectivity index (χ3v) is 1.61. The maximum atomic E-state index is 5.36. The first kappa shape index (κ1) is 9.20. The highest BCUT2D eigenvalue weighted by Crippen LogP contribution is 1.96. The largest absolute Gasteiger partial charge is 0.381 e. The molecule has 0 radical (unpaired) electrons. The fraction of sp³-hybridized carbons (Fsp3) is 0.500. The van der Waals surface area contributed by atoms with Gasteiger partial charge in [-0.3, -0.25) is 4.98 Å². The second-order valence-corrected chi connectivity index (χ2v) is 2.72. The minimum Gasteiger partial charge on any atom is -0.381 e. The number of rotatable bonds is 5. The van der Waals surface area contributed by atoms with Crippen LogP contribution in [0, 0.1) is 0 Å². The average Bonchev–Trinajstić information content (AvgIpc) is 2.14. The highest BCUT2D eigenvalue weighted by atomic mass is 16.5. The van der Waals surface area contributed by atoms with Crippen LogP contribution in [-0.2, 0) is 11.2 Å². The van der Waals surface area contributed by atoms with E-state index < -0.39 is 0 Å². The van der Waals surface area contributed by atoms with E-state index >= 15 is 0 Å². The monoisotopic (exact) mass is 165 g/mol. The summed E-state index contributed by atoms with van der Waals surface area (Å²) in [5, 5.41) is 0. The topological polar surface area (TPSA) is 22.1 Å². The maximum Gasteiger partial charge on any atom is 0.0507 e. The minimum atomic E-state index is 0.805. The third kappa shape index (κ3) is 3.49. The Bertz CT molecular complexity index is 198. The summed E-state index contributed by atoms with van der Waals surface area (Å²) in [5.41, 5.74) is 1.24. The van der Waals surface area contributed by atoms with E-state index in [1.165, 1.54) is 5.56 Å². The van der Waals surface area contributed by atoms with Crippen LogP contribution in [0.5, 0.6) is 0 Å². The molecule has 0 atom stereocenters. The van der Waals surface area contributed by atoms with Gasteiger partial charge in [-0.2, -0.15) is 0 Å². The molecule has 0 amide bonds. The third-order valence-electron chi connectivity index (χ3n) is 1.61. The van der Waals surface area contributed by atoms with Crippen molar-refractivity contribution in [1.29, 1.82) is 0 Å². The predicted molar refractivity (Wildman–Crippen MR) is 49.1 cm³/mol. The second kappa shape index (κ2) is 5.72. The molecule has 0 aliphatic heterocycles. The highest BCUT2D eigenvalue weighted by Gasteiger charge is 1.90. The highest BCUT2D eigenvalue weighted by molar-refractivity contribution is 5.08. The van der Waals surface area contributed by atoms with Crippen LogP contribution in [0.2, 0.25) is 0 Å². The molecule has 1 aromatic heterocycles. The molecule has 0 fully saturated rings. The summed E-state index contributed by atoms with van der Waals surface area (Å²) < 4.78 is 5.36. The van der Waals surface area contributed by atoms with E-state index in [0.717, 1.165) is 26.1 Å². The van der Waals surface area contributed by atoms with Crippen molar-refractivity contribution in [1.82, 2.24) is 4.98 Å². The molecule has 0 N–H and O–H groups in total. The van der Waals surface area contributed by atoms with E-state index in [-0.39, 0.29) is 0 Å². The van der Waals surface area contributed by atoms with Gasteiger partial charge in [0.05, 0.1) is 6.61 Å². The van der Waals surface area contributed by atoms with Crippen LogP contribution in [0.1, 0.15) is 18.9 Å². The lowest BCUT2D eigenvalue weighted by molar-refractivity contribution is 0.138. The van der Waals surface area contributed by atoms with E-state index in [1.54, 1.807) is 6.20 Å². The van der Waals surface area contributed by atoms with Gasteiger partial charge in [0.1, 0.15) is 0 Å². The number of pyridine rings is 1. The molecule has 0 aromatic carbocycles. The van der Waals surface area contributed by atoms with Crippen LogP contribution in [0.25, 0.3) is 0 Å². The van der Waals surface area contributed by atoms with Gasteiger partial charge in [0, 0.05) is 19.0 Å². The van der Waals surface area contributed by atoms with Crippen molar-refractivity contribution in [2.24, 2.45) is 0 Å². The number of aromatic nitrogens is 1. The quantitative estimate of drug-likeness (QED) is 0.623. The van der Waals surface area contributed by atoms with Crippen molar-refractivity contribution in [3.8, 4) is 0 Å². The minimum absolute atomic E-state index is 0.805.